The number of rotatable bonds is 10. The minimum atomic E-state index is -0.533. The molecule has 212 valence electrons. The van der Waals surface area contributed by atoms with Crippen LogP contribution in [0.5, 0.6) is 0 Å². The zero-order valence-corrected chi connectivity index (χ0v) is 23.4. The minimum Gasteiger partial charge on any atom is -0.465 e. The van der Waals surface area contributed by atoms with Crippen LogP contribution in [0, 0.1) is 12.3 Å². The average molecular weight is 562 g/mol. The van der Waals surface area contributed by atoms with Gasteiger partial charge in [0.2, 0.25) is 0 Å². The van der Waals surface area contributed by atoms with Gasteiger partial charge in [0.15, 0.2) is 5.78 Å². The summed E-state index contributed by atoms with van der Waals surface area (Å²) in [6, 6.07) is 21.6. The van der Waals surface area contributed by atoms with E-state index in [1.807, 2.05) is 31.2 Å². The van der Waals surface area contributed by atoms with Crippen molar-refractivity contribution in [2.24, 2.45) is 5.73 Å². The van der Waals surface area contributed by atoms with E-state index in [2.05, 4.69) is 9.97 Å². The molecule has 5 rings (SSSR count). The fraction of sp³-hybridized carbons (Fsp3) is 0.182. The summed E-state index contributed by atoms with van der Waals surface area (Å²) < 4.78 is 5.17. The number of carbonyl (C=O) groups is 3. The second-order valence-corrected chi connectivity index (χ2v) is 9.97. The highest BCUT2D eigenvalue weighted by Crippen LogP contribution is 2.30. The molecule has 9 nitrogen and oxygen atoms in total. The average Bonchev–Trinajstić information content (AvgIpc) is 3.33. The molecule has 0 aliphatic rings. The zero-order valence-electron chi connectivity index (χ0n) is 23.4. The Hall–Kier alpha value is -5.31. The summed E-state index contributed by atoms with van der Waals surface area (Å²) in [6.07, 6.45) is 2.47. The molecule has 42 heavy (non-hydrogen) atoms. The van der Waals surface area contributed by atoms with Crippen molar-refractivity contribution in [3.8, 4) is 0 Å². The lowest BCUT2D eigenvalue weighted by Crippen LogP contribution is -2.36. The van der Waals surface area contributed by atoms with Gasteiger partial charge >= 0.3 is 5.97 Å². The molecule has 0 unspecified atom stereocenters. The van der Waals surface area contributed by atoms with E-state index in [0.717, 1.165) is 22.0 Å². The van der Waals surface area contributed by atoms with E-state index in [-0.39, 0.29) is 30.7 Å². The molecule has 0 saturated carbocycles. The maximum atomic E-state index is 13.9. The Morgan fingerprint density at radius 2 is 1.79 bits per heavy atom. The van der Waals surface area contributed by atoms with Gasteiger partial charge in [0.25, 0.3) is 5.91 Å². The molecule has 4 N–H and O–H groups in total. The van der Waals surface area contributed by atoms with Crippen LogP contribution in [0.4, 0.5) is 5.69 Å². The van der Waals surface area contributed by atoms with Crippen molar-refractivity contribution in [3.05, 3.63) is 107 Å². The first-order valence-corrected chi connectivity index (χ1v) is 13.7. The summed E-state index contributed by atoms with van der Waals surface area (Å²) in [5.74, 6) is -0.928. The number of aromatic amines is 1. The second-order valence-electron chi connectivity index (χ2n) is 9.97. The first-order valence-electron chi connectivity index (χ1n) is 13.7. The lowest BCUT2D eigenvalue weighted by molar-refractivity contribution is -0.141. The summed E-state index contributed by atoms with van der Waals surface area (Å²) in [5, 5.41) is 9.09. The Labute approximate surface area is 242 Å². The third kappa shape index (κ3) is 5.76. The van der Waals surface area contributed by atoms with Crippen molar-refractivity contribution in [2.45, 2.75) is 26.7 Å². The fourth-order valence-corrected chi connectivity index (χ4v) is 5.12. The Balaban J connectivity index is 1.45. The molecule has 0 atom stereocenters. The number of nitrogens with one attached hydrogen (secondary N) is 2. The number of ketones is 1. The number of aromatic nitrogens is 2. The highest BCUT2D eigenvalue weighted by Gasteiger charge is 2.25. The molecule has 0 aliphatic heterocycles. The number of benzene rings is 3. The molecule has 1 amide bonds. The molecule has 5 aromatic rings. The van der Waals surface area contributed by atoms with E-state index in [1.165, 1.54) is 4.90 Å². The number of nitrogens with two attached hydrogens (primary N) is 1. The van der Waals surface area contributed by atoms with Crippen molar-refractivity contribution in [2.75, 3.05) is 18.1 Å². The third-order valence-corrected chi connectivity index (χ3v) is 7.17. The Kier molecular flexibility index (Phi) is 8.10. The smallest absolute Gasteiger partial charge is 0.326 e. The van der Waals surface area contributed by atoms with Gasteiger partial charge < -0.3 is 15.5 Å². The first kappa shape index (κ1) is 28.2. The van der Waals surface area contributed by atoms with Crippen molar-refractivity contribution >= 4 is 51.0 Å². The molecule has 0 bridgehead atoms. The SMILES string of the molecule is CCOC(=O)CN(C(=O)c1cccc2cccnc12)c1ccc2c(C(=O)CCc3ccc(C(=N)N)cc3)c(C)[nH]c2c1. The molecule has 0 fully saturated rings. The summed E-state index contributed by atoms with van der Waals surface area (Å²) in [7, 11) is 0. The number of carbonyl (C=O) groups excluding carboxylic acids is 3. The van der Waals surface area contributed by atoms with E-state index in [0.29, 0.717) is 46.3 Å². The number of aryl methyl sites for hydroxylation is 2. The summed E-state index contributed by atoms with van der Waals surface area (Å²) in [6.45, 7) is 3.47. The van der Waals surface area contributed by atoms with E-state index in [1.54, 1.807) is 61.7 Å². The van der Waals surface area contributed by atoms with Gasteiger partial charge in [0, 0.05) is 51.4 Å². The number of ether oxygens (including phenoxy) is 1. The molecule has 0 radical (unpaired) electrons. The topological polar surface area (TPSA) is 142 Å². The fourth-order valence-electron chi connectivity index (χ4n) is 5.12. The van der Waals surface area contributed by atoms with Gasteiger partial charge in [-0.25, -0.2) is 0 Å². The van der Waals surface area contributed by atoms with Gasteiger partial charge in [-0.2, -0.15) is 0 Å². The van der Waals surface area contributed by atoms with Crippen LogP contribution in [0.25, 0.3) is 21.8 Å². The molecule has 0 saturated heterocycles. The van der Waals surface area contributed by atoms with Crippen LogP contribution in [0.15, 0.2) is 79.0 Å². The van der Waals surface area contributed by atoms with Gasteiger partial charge in [-0.15, -0.1) is 0 Å². The molecule has 3 aromatic carbocycles. The quantitative estimate of drug-likeness (QED) is 0.0910. The summed E-state index contributed by atoms with van der Waals surface area (Å²) in [5.41, 5.74) is 10.5. The van der Waals surface area contributed by atoms with E-state index >= 15 is 0 Å². The van der Waals surface area contributed by atoms with E-state index in [4.69, 9.17) is 15.9 Å². The molecule has 2 heterocycles. The predicted molar refractivity (Wildman–Crippen MR) is 163 cm³/mol. The molecule has 9 heteroatoms. The number of para-hydroxylation sites is 1. The van der Waals surface area contributed by atoms with E-state index in [9.17, 15) is 14.4 Å². The number of nitrogens with zero attached hydrogens (tertiary/aromatic N) is 2. The highest BCUT2D eigenvalue weighted by atomic mass is 16.5. The van der Waals surface area contributed by atoms with Crippen LogP contribution < -0.4 is 10.6 Å². The standard InChI is InChI=1S/C33H31N5O4/c1-3-42-29(40)19-38(33(41)26-8-4-6-22-7-5-17-36-31(22)26)24-14-15-25-27(18-24)37-20(2)30(25)28(39)16-11-21-9-12-23(13-10-21)32(34)35/h4-10,12-15,17-18,37H,3,11,16,19H2,1-2H3,(H3,34,35). The molecule has 0 aliphatic carbocycles. The highest BCUT2D eigenvalue weighted by molar-refractivity contribution is 6.15. The van der Waals surface area contributed by atoms with Crippen LogP contribution in [-0.2, 0) is 16.0 Å². The van der Waals surface area contributed by atoms with Crippen LogP contribution in [0.2, 0.25) is 0 Å². The van der Waals surface area contributed by atoms with Crippen LogP contribution in [0.1, 0.15) is 50.9 Å². The number of esters is 1. The number of hydrogen-bond donors (Lipinski definition) is 3. The maximum Gasteiger partial charge on any atom is 0.326 e. The number of Topliss-reactive ketones (excluding diaryl/α,β-unsaturated/α-hetero) is 1. The molecular formula is C33H31N5O4. The Morgan fingerprint density at radius 3 is 2.52 bits per heavy atom. The van der Waals surface area contributed by atoms with Crippen LogP contribution in [0.3, 0.4) is 0 Å². The second kappa shape index (κ2) is 12.1. The number of hydrogen-bond acceptors (Lipinski definition) is 6. The third-order valence-electron chi connectivity index (χ3n) is 7.17. The normalized spacial score (nSPS) is 11.0. The molecule has 0 spiro atoms. The van der Waals surface area contributed by atoms with Crippen molar-refractivity contribution in [1.29, 1.82) is 5.41 Å². The Bertz CT molecular complexity index is 1820. The number of H-pyrrole nitrogens is 1. The van der Waals surface area contributed by atoms with Crippen molar-refractivity contribution in [3.63, 3.8) is 0 Å². The van der Waals surface area contributed by atoms with Crippen LogP contribution in [-0.4, -0.2) is 46.6 Å². The van der Waals surface area contributed by atoms with Crippen molar-refractivity contribution in [1.82, 2.24) is 9.97 Å². The van der Waals surface area contributed by atoms with E-state index < -0.39 is 5.97 Å². The predicted octanol–water partition coefficient (Wildman–Crippen LogP) is 5.33. The lowest BCUT2D eigenvalue weighted by Gasteiger charge is -2.22. The number of nitrogen functional groups attached to an aromatic ring is 1. The molecule has 2 aromatic heterocycles. The van der Waals surface area contributed by atoms with Crippen LogP contribution >= 0.6 is 0 Å². The number of pyridine rings is 1. The van der Waals surface area contributed by atoms with Gasteiger partial charge in [-0.3, -0.25) is 29.7 Å². The zero-order chi connectivity index (χ0) is 29.8. The van der Waals surface area contributed by atoms with Gasteiger partial charge in [0.05, 0.1) is 17.7 Å². The summed E-state index contributed by atoms with van der Waals surface area (Å²) >= 11 is 0. The van der Waals surface area contributed by atoms with Crippen molar-refractivity contribution < 1.29 is 19.1 Å². The van der Waals surface area contributed by atoms with Gasteiger partial charge in [0.1, 0.15) is 12.4 Å². The summed E-state index contributed by atoms with van der Waals surface area (Å²) in [4.78, 5) is 48.9. The maximum absolute atomic E-state index is 13.9. The minimum absolute atomic E-state index is 0.00252. The first-order chi connectivity index (χ1) is 20.3. The number of fused-ring (bicyclic) bond motifs is 2. The van der Waals surface area contributed by atoms with Gasteiger partial charge in [-0.05, 0) is 50.1 Å². The number of amides is 1. The Morgan fingerprint density at radius 1 is 1.02 bits per heavy atom. The largest absolute Gasteiger partial charge is 0.465 e. The van der Waals surface area contributed by atoms with Gasteiger partial charge in [-0.1, -0.05) is 48.5 Å². The monoisotopic (exact) mass is 561 g/mol. The number of amidine groups is 1. The lowest BCUT2D eigenvalue weighted by atomic mass is 9.99. The number of anilines is 1. The molecular weight excluding hydrogens is 530 g/mol.